The third kappa shape index (κ3) is 4.51. The molecule has 0 atom stereocenters. The van der Waals surface area contributed by atoms with E-state index >= 15 is 0 Å². The number of nitrogens with zero attached hydrogens (tertiary/aromatic N) is 2. The van der Waals surface area contributed by atoms with Gasteiger partial charge in [-0.05, 0) is 48.7 Å². The number of aromatic amines is 1. The summed E-state index contributed by atoms with van der Waals surface area (Å²) in [6.45, 7) is 1.71. The number of fused-ring (bicyclic) bond motifs is 1. The van der Waals surface area contributed by atoms with Crippen molar-refractivity contribution < 1.29 is 8.42 Å². The van der Waals surface area contributed by atoms with Crippen LogP contribution in [-0.2, 0) is 10.0 Å². The van der Waals surface area contributed by atoms with Crippen LogP contribution in [0.2, 0.25) is 10.0 Å². The van der Waals surface area contributed by atoms with Crippen LogP contribution in [-0.4, -0.2) is 31.7 Å². The SMILES string of the molecule is O=S(=O)(Nc1cc2c(/C=C/c3ccccc3)n[nH]c2cc1N1CCCC1)c1cccc(Cl)c1Cl. The summed E-state index contributed by atoms with van der Waals surface area (Å²) in [4.78, 5) is 2.11. The van der Waals surface area contributed by atoms with E-state index in [0.29, 0.717) is 11.4 Å². The second kappa shape index (κ2) is 9.33. The van der Waals surface area contributed by atoms with Gasteiger partial charge in [0.25, 0.3) is 10.0 Å². The van der Waals surface area contributed by atoms with Gasteiger partial charge in [0.05, 0.1) is 32.6 Å². The van der Waals surface area contributed by atoms with Crippen LogP contribution in [0.5, 0.6) is 0 Å². The molecule has 0 bridgehead atoms. The van der Waals surface area contributed by atoms with Crippen LogP contribution in [0.3, 0.4) is 0 Å². The van der Waals surface area contributed by atoms with E-state index < -0.39 is 10.0 Å². The van der Waals surface area contributed by atoms with Gasteiger partial charge in [0.2, 0.25) is 0 Å². The highest BCUT2D eigenvalue weighted by molar-refractivity contribution is 7.92. The van der Waals surface area contributed by atoms with Crippen LogP contribution in [0.4, 0.5) is 11.4 Å². The van der Waals surface area contributed by atoms with Gasteiger partial charge >= 0.3 is 0 Å². The van der Waals surface area contributed by atoms with Crippen LogP contribution < -0.4 is 9.62 Å². The monoisotopic (exact) mass is 512 g/mol. The molecule has 5 rings (SSSR count). The maximum atomic E-state index is 13.3. The zero-order valence-corrected chi connectivity index (χ0v) is 20.5. The quantitative estimate of drug-likeness (QED) is 0.311. The maximum Gasteiger partial charge on any atom is 0.263 e. The summed E-state index contributed by atoms with van der Waals surface area (Å²) in [6.07, 6.45) is 5.99. The van der Waals surface area contributed by atoms with E-state index in [1.165, 1.54) is 6.07 Å². The summed E-state index contributed by atoms with van der Waals surface area (Å²) in [5.41, 5.74) is 3.87. The van der Waals surface area contributed by atoms with Gasteiger partial charge in [-0.1, -0.05) is 65.7 Å². The first-order valence-electron chi connectivity index (χ1n) is 10.9. The van der Waals surface area contributed by atoms with Gasteiger partial charge in [-0.15, -0.1) is 0 Å². The fraction of sp³-hybridized carbons (Fsp3) is 0.160. The van der Waals surface area contributed by atoms with E-state index in [1.807, 2.05) is 54.6 Å². The van der Waals surface area contributed by atoms with Crippen molar-refractivity contribution >= 4 is 67.7 Å². The molecule has 1 aliphatic rings. The Hall–Kier alpha value is -3.00. The lowest BCUT2D eigenvalue weighted by Gasteiger charge is -2.22. The van der Waals surface area contributed by atoms with Crippen LogP contribution in [0.1, 0.15) is 24.1 Å². The minimum Gasteiger partial charge on any atom is -0.370 e. The molecule has 1 fully saturated rings. The summed E-state index contributed by atoms with van der Waals surface area (Å²) < 4.78 is 29.4. The number of hydrogen-bond donors (Lipinski definition) is 2. The Balaban J connectivity index is 1.59. The number of aromatic nitrogens is 2. The smallest absolute Gasteiger partial charge is 0.263 e. The molecule has 0 amide bonds. The Morgan fingerprint density at radius 3 is 2.50 bits per heavy atom. The maximum absolute atomic E-state index is 13.3. The molecule has 1 aromatic heterocycles. The summed E-state index contributed by atoms with van der Waals surface area (Å²) in [5.74, 6) is 0. The van der Waals surface area contributed by atoms with Crippen LogP contribution >= 0.6 is 23.2 Å². The first-order valence-corrected chi connectivity index (χ1v) is 13.1. The fourth-order valence-corrected chi connectivity index (χ4v) is 5.96. The van der Waals surface area contributed by atoms with Crippen LogP contribution in [0, 0.1) is 0 Å². The van der Waals surface area contributed by atoms with Gasteiger partial charge in [-0.3, -0.25) is 9.82 Å². The molecular weight excluding hydrogens is 491 g/mol. The number of rotatable bonds is 6. The molecule has 2 heterocycles. The Kier molecular flexibility index (Phi) is 6.25. The number of halogens is 2. The van der Waals surface area contributed by atoms with E-state index in [4.69, 9.17) is 23.2 Å². The van der Waals surface area contributed by atoms with Crippen molar-refractivity contribution in [1.29, 1.82) is 0 Å². The van der Waals surface area contributed by atoms with Crippen molar-refractivity contribution in [3.05, 3.63) is 82.0 Å². The van der Waals surface area contributed by atoms with E-state index in [1.54, 1.807) is 12.1 Å². The first kappa shape index (κ1) is 22.8. The minimum absolute atomic E-state index is 0.00439. The van der Waals surface area contributed by atoms with Crippen molar-refractivity contribution in [2.75, 3.05) is 22.7 Å². The third-order valence-corrected chi connectivity index (χ3v) is 8.18. The predicted octanol–water partition coefficient (Wildman–Crippen LogP) is 6.44. The van der Waals surface area contributed by atoms with Crippen LogP contribution in [0.25, 0.3) is 23.1 Å². The van der Waals surface area contributed by atoms with Crippen LogP contribution in [0.15, 0.2) is 65.6 Å². The Labute approximate surface area is 208 Å². The Bertz CT molecular complexity index is 1480. The lowest BCUT2D eigenvalue weighted by Crippen LogP contribution is -2.21. The van der Waals surface area contributed by atoms with Gasteiger partial charge < -0.3 is 4.90 Å². The summed E-state index contributed by atoms with van der Waals surface area (Å²) >= 11 is 12.3. The molecule has 1 saturated heterocycles. The molecule has 2 N–H and O–H groups in total. The van der Waals surface area contributed by atoms with E-state index in [9.17, 15) is 8.42 Å². The highest BCUT2D eigenvalue weighted by Gasteiger charge is 2.24. The number of sulfonamides is 1. The average Bonchev–Trinajstić information content (AvgIpc) is 3.49. The van der Waals surface area contributed by atoms with Gasteiger partial charge in [0.1, 0.15) is 4.90 Å². The van der Waals surface area contributed by atoms with E-state index in [2.05, 4.69) is 19.8 Å². The second-order valence-electron chi connectivity index (χ2n) is 8.12. The highest BCUT2D eigenvalue weighted by atomic mass is 35.5. The highest BCUT2D eigenvalue weighted by Crippen LogP contribution is 2.37. The second-order valence-corrected chi connectivity index (χ2v) is 10.6. The molecule has 4 aromatic rings. The molecule has 34 heavy (non-hydrogen) atoms. The molecular formula is C25H22Cl2N4O2S. The topological polar surface area (TPSA) is 78.1 Å². The van der Waals surface area contributed by atoms with Crippen molar-refractivity contribution in [3.63, 3.8) is 0 Å². The molecule has 0 aliphatic carbocycles. The number of hydrogen-bond acceptors (Lipinski definition) is 4. The zero-order valence-electron chi connectivity index (χ0n) is 18.1. The van der Waals surface area contributed by atoms with Crippen molar-refractivity contribution in [2.45, 2.75) is 17.7 Å². The van der Waals surface area contributed by atoms with Crippen molar-refractivity contribution in [3.8, 4) is 0 Å². The normalized spacial score (nSPS) is 14.4. The number of benzene rings is 3. The number of H-pyrrole nitrogens is 1. The molecule has 0 radical (unpaired) electrons. The van der Waals surface area contributed by atoms with Gasteiger partial charge in [-0.25, -0.2) is 8.42 Å². The number of anilines is 2. The standard InChI is InChI=1S/C25H22Cl2N4O2S/c26-19-9-6-10-24(25(19)27)34(32,33)30-22-15-18-20(12-11-17-7-2-1-3-8-17)28-29-21(18)16-23(22)31-13-4-5-14-31/h1-3,6-12,15-16,30H,4-5,13-14H2,(H,28,29)/b12-11+. The van der Waals surface area contributed by atoms with E-state index in [-0.39, 0.29) is 14.9 Å². The zero-order chi connectivity index (χ0) is 23.7. The molecule has 174 valence electrons. The summed E-state index contributed by atoms with van der Waals surface area (Å²) in [7, 11) is -3.98. The van der Waals surface area contributed by atoms with Gasteiger partial charge in [0, 0.05) is 18.5 Å². The minimum atomic E-state index is -3.98. The van der Waals surface area contributed by atoms with E-state index in [0.717, 1.165) is 48.1 Å². The van der Waals surface area contributed by atoms with Gasteiger partial charge in [-0.2, -0.15) is 5.10 Å². The average molecular weight is 513 g/mol. The number of nitrogens with one attached hydrogen (secondary N) is 2. The van der Waals surface area contributed by atoms with Crippen molar-refractivity contribution in [1.82, 2.24) is 10.2 Å². The fourth-order valence-electron chi connectivity index (χ4n) is 4.13. The lowest BCUT2D eigenvalue weighted by molar-refractivity contribution is 0.601. The molecule has 9 heteroatoms. The lowest BCUT2D eigenvalue weighted by atomic mass is 10.1. The van der Waals surface area contributed by atoms with Crippen molar-refractivity contribution in [2.24, 2.45) is 0 Å². The summed E-state index contributed by atoms with van der Waals surface area (Å²) in [5, 5.41) is 8.53. The Morgan fingerprint density at radius 2 is 1.74 bits per heavy atom. The molecule has 1 aliphatic heterocycles. The third-order valence-electron chi connectivity index (χ3n) is 5.84. The van der Waals surface area contributed by atoms with Gasteiger partial charge in [0.15, 0.2) is 0 Å². The molecule has 0 spiro atoms. The Morgan fingerprint density at radius 1 is 0.971 bits per heavy atom. The summed E-state index contributed by atoms with van der Waals surface area (Å²) in [6, 6.07) is 18.3. The molecule has 0 saturated carbocycles. The molecule has 0 unspecified atom stereocenters. The predicted molar refractivity (Wildman–Crippen MR) is 140 cm³/mol. The first-order chi connectivity index (χ1) is 16.4. The molecule has 6 nitrogen and oxygen atoms in total. The largest absolute Gasteiger partial charge is 0.370 e. The molecule has 3 aromatic carbocycles.